The first-order valence-corrected chi connectivity index (χ1v) is 10.5. The van der Waals surface area contributed by atoms with Crippen LogP contribution >= 0.6 is 0 Å². The summed E-state index contributed by atoms with van der Waals surface area (Å²) in [6.45, 7) is 8.54. The van der Waals surface area contributed by atoms with Crippen LogP contribution in [0, 0.1) is 11.6 Å². The van der Waals surface area contributed by atoms with E-state index in [0.29, 0.717) is 5.92 Å². The standard InChI is InChI=1S/C27H30F2/c1-18(2)23-8-5-7-21(15-23)14-20(4)26-16-22(11-12-27(26)29)13-19(3)24-9-6-10-25(28)17-24/h5-12,15-20H,13-14H2,1-4H3. The lowest BCUT2D eigenvalue weighted by molar-refractivity contribution is 0.585. The van der Waals surface area contributed by atoms with Crippen molar-refractivity contribution in [1.82, 2.24) is 0 Å². The Bertz CT molecular complexity index is 958. The zero-order valence-corrected chi connectivity index (χ0v) is 17.8. The second-order valence-electron chi connectivity index (χ2n) is 8.52. The average molecular weight is 393 g/mol. The van der Waals surface area contributed by atoms with Crippen LogP contribution < -0.4 is 0 Å². The van der Waals surface area contributed by atoms with Gasteiger partial charge in [0.05, 0.1) is 0 Å². The summed E-state index contributed by atoms with van der Waals surface area (Å²) in [5.74, 6) is 0.365. The first kappa shape index (κ1) is 21.2. The maximum Gasteiger partial charge on any atom is 0.126 e. The Balaban J connectivity index is 1.77. The van der Waals surface area contributed by atoms with Crippen LogP contribution in [0.5, 0.6) is 0 Å². The highest BCUT2D eigenvalue weighted by molar-refractivity contribution is 5.33. The lowest BCUT2D eigenvalue weighted by Gasteiger charge is -2.17. The molecule has 29 heavy (non-hydrogen) atoms. The molecular formula is C27H30F2. The molecule has 0 aliphatic heterocycles. The lowest BCUT2D eigenvalue weighted by Crippen LogP contribution is -2.05. The second-order valence-corrected chi connectivity index (χ2v) is 8.52. The molecule has 2 unspecified atom stereocenters. The molecule has 0 spiro atoms. The van der Waals surface area contributed by atoms with Crippen molar-refractivity contribution < 1.29 is 8.78 Å². The summed E-state index contributed by atoms with van der Waals surface area (Å²) in [6, 6.07) is 20.7. The minimum Gasteiger partial charge on any atom is -0.207 e. The second kappa shape index (κ2) is 9.35. The number of benzene rings is 3. The normalized spacial score (nSPS) is 13.5. The fourth-order valence-corrected chi connectivity index (χ4v) is 3.93. The monoisotopic (exact) mass is 392 g/mol. The molecule has 0 nitrogen and oxygen atoms in total. The minimum atomic E-state index is -0.216. The van der Waals surface area contributed by atoms with E-state index in [1.165, 1.54) is 17.2 Å². The van der Waals surface area contributed by atoms with Gasteiger partial charge in [0.2, 0.25) is 0 Å². The first-order valence-electron chi connectivity index (χ1n) is 10.5. The molecule has 0 heterocycles. The van der Waals surface area contributed by atoms with Gasteiger partial charge in [0.25, 0.3) is 0 Å². The van der Waals surface area contributed by atoms with E-state index in [1.54, 1.807) is 18.2 Å². The molecule has 3 rings (SSSR count). The topological polar surface area (TPSA) is 0 Å². The van der Waals surface area contributed by atoms with Crippen LogP contribution in [-0.2, 0) is 12.8 Å². The third-order valence-electron chi connectivity index (χ3n) is 5.71. The molecule has 0 aromatic heterocycles. The molecule has 0 saturated heterocycles. The van der Waals surface area contributed by atoms with Gasteiger partial charge >= 0.3 is 0 Å². The SMILES string of the molecule is CC(C)c1cccc(CC(C)c2cc(CC(C)c3cccc(F)c3)ccc2F)c1. The van der Waals surface area contributed by atoms with Gasteiger partial charge in [-0.05, 0) is 76.6 Å². The van der Waals surface area contributed by atoms with Gasteiger partial charge < -0.3 is 0 Å². The zero-order valence-electron chi connectivity index (χ0n) is 17.8. The molecule has 0 bridgehead atoms. The third-order valence-corrected chi connectivity index (χ3v) is 5.71. The van der Waals surface area contributed by atoms with Crippen molar-refractivity contribution in [2.24, 2.45) is 0 Å². The summed E-state index contributed by atoms with van der Waals surface area (Å²) in [7, 11) is 0. The molecule has 0 aliphatic carbocycles. The maximum atomic E-state index is 14.6. The Kier molecular flexibility index (Phi) is 6.84. The zero-order chi connectivity index (χ0) is 21.0. The molecule has 0 aliphatic rings. The first-order chi connectivity index (χ1) is 13.8. The Morgan fingerprint density at radius 2 is 1.31 bits per heavy atom. The van der Waals surface area contributed by atoms with Crippen LogP contribution in [0.25, 0.3) is 0 Å². The Morgan fingerprint density at radius 3 is 2.03 bits per heavy atom. The maximum absolute atomic E-state index is 14.6. The van der Waals surface area contributed by atoms with E-state index in [2.05, 4.69) is 52.0 Å². The van der Waals surface area contributed by atoms with Crippen LogP contribution in [0.1, 0.15) is 73.3 Å². The highest BCUT2D eigenvalue weighted by atomic mass is 19.1. The molecule has 0 radical (unpaired) electrons. The highest BCUT2D eigenvalue weighted by Crippen LogP contribution is 2.28. The van der Waals surface area contributed by atoms with Crippen molar-refractivity contribution >= 4 is 0 Å². The predicted octanol–water partition coefficient (Wildman–Crippen LogP) is 7.78. The van der Waals surface area contributed by atoms with Crippen molar-refractivity contribution in [1.29, 1.82) is 0 Å². The molecule has 0 saturated carbocycles. The molecule has 0 amide bonds. The summed E-state index contributed by atoms with van der Waals surface area (Å²) in [4.78, 5) is 0. The molecule has 3 aromatic rings. The van der Waals surface area contributed by atoms with Gasteiger partial charge in [-0.3, -0.25) is 0 Å². The van der Waals surface area contributed by atoms with Gasteiger partial charge in [-0.2, -0.15) is 0 Å². The van der Waals surface area contributed by atoms with Crippen LogP contribution in [-0.4, -0.2) is 0 Å². The summed E-state index contributed by atoms with van der Waals surface area (Å²) in [6.07, 6.45) is 1.56. The number of hydrogen-bond donors (Lipinski definition) is 0. The van der Waals surface area contributed by atoms with E-state index >= 15 is 0 Å². The van der Waals surface area contributed by atoms with Gasteiger partial charge in [0.15, 0.2) is 0 Å². The van der Waals surface area contributed by atoms with Crippen LogP contribution in [0.4, 0.5) is 8.78 Å². The molecular weight excluding hydrogens is 362 g/mol. The summed E-state index contributed by atoms with van der Waals surface area (Å²) < 4.78 is 28.1. The van der Waals surface area contributed by atoms with Crippen molar-refractivity contribution in [3.8, 4) is 0 Å². The van der Waals surface area contributed by atoms with Crippen molar-refractivity contribution in [2.45, 2.75) is 58.3 Å². The minimum absolute atomic E-state index is 0.0850. The van der Waals surface area contributed by atoms with Crippen molar-refractivity contribution in [2.75, 3.05) is 0 Å². The predicted molar refractivity (Wildman–Crippen MR) is 118 cm³/mol. The van der Waals surface area contributed by atoms with E-state index in [4.69, 9.17) is 0 Å². The van der Waals surface area contributed by atoms with E-state index in [-0.39, 0.29) is 23.5 Å². The van der Waals surface area contributed by atoms with Gasteiger partial charge in [0.1, 0.15) is 11.6 Å². The largest absolute Gasteiger partial charge is 0.207 e. The number of rotatable bonds is 7. The number of hydrogen-bond acceptors (Lipinski definition) is 0. The van der Waals surface area contributed by atoms with E-state index in [1.807, 2.05) is 18.2 Å². The van der Waals surface area contributed by atoms with Crippen LogP contribution in [0.15, 0.2) is 66.7 Å². The number of halogens is 2. The quantitative estimate of drug-likeness (QED) is 0.385. The smallest absolute Gasteiger partial charge is 0.126 e. The summed E-state index contributed by atoms with van der Waals surface area (Å²) >= 11 is 0. The van der Waals surface area contributed by atoms with Crippen LogP contribution in [0.2, 0.25) is 0 Å². The molecule has 3 aromatic carbocycles. The van der Waals surface area contributed by atoms with E-state index in [9.17, 15) is 8.78 Å². The fraction of sp³-hybridized carbons (Fsp3) is 0.333. The van der Waals surface area contributed by atoms with Gasteiger partial charge in [-0.15, -0.1) is 0 Å². The van der Waals surface area contributed by atoms with Crippen molar-refractivity contribution in [3.05, 3.63) is 106 Å². The van der Waals surface area contributed by atoms with E-state index in [0.717, 1.165) is 29.5 Å². The Hall–Kier alpha value is -2.48. The van der Waals surface area contributed by atoms with E-state index < -0.39 is 0 Å². The fourth-order valence-electron chi connectivity index (χ4n) is 3.93. The molecule has 0 fully saturated rings. The summed E-state index contributed by atoms with van der Waals surface area (Å²) in [5.41, 5.74) is 5.36. The van der Waals surface area contributed by atoms with Crippen molar-refractivity contribution in [3.63, 3.8) is 0 Å². The highest BCUT2D eigenvalue weighted by Gasteiger charge is 2.15. The molecule has 2 atom stereocenters. The Labute approximate surface area is 173 Å². The Morgan fingerprint density at radius 1 is 0.655 bits per heavy atom. The van der Waals surface area contributed by atoms with Gasteiger partial charge in [-0.1, -0.05) is 76.2 Å². The molecule has 152 valence electrons. The molecule has 2 heteroatoms. The third kappa shape index (κ3) is 5.53. The van der Waals surface area contributed by atoms with Crippen LogP contribution in [0.3, 0.4) is 0 Å². The molecule has 0 N–H and O–H groups in total. The average Bonchev–Trinajstić information content (AvgIpc) is 2.69. The van der Waals surface area contributed by atoms with Gasteiger partial charge in [-0.25, -0.2) is 8.78 Å². The summed E-state index contributed by atoms with van der Waals surface area (Å²) in [5, 5.41) is 0. The van der Waals surface area contributed by atoms with Gasteiger partial charge in [0, 0.05) is 0 Å². The lowest BCUT2D eigenvalue weighted by atomic mass is 9.88.